The fourth-order valence-electron chi connectivity index (χ4n) is 0.535. The molecule has 0 radical (unpaired) electrons. The maximum absolute atomic E-state index is 4.79. The van der Waals surface area contributed by atoms with Crippen LogP contribution in [0.3, 0.4) is 0 Å². The Morgan fingerprint density at radius 3 is 1.29 bits per heavy atom. The van der Waals surface area contributed by atoms with Crippen LogP contribution in [-0.2, 0) is 23.7 Å². The largest absolute Gasteiger partial charge is 0.382 e. The predicted molar refractivity (Wildman–Crippen MR) is 53.4 cm³/mol. The Balaban J connectivity index is 0. The van der Waals surface area contributed by atoms with Crippen molar-refractivity contribution in [1.82, 2.24) is 0 Å². The second-order valence-electron chi connectivity index (χ2n) is 2.34. The Morgan fingerprint density at radius 1 is 0.714 bits per heavy atom. The molecule has 0 amide bonds. The minimum Gasteiger partial charge on any atom is -0.382 e. The van der Waals surface area contributed by atoms with Crippen molar-refractivity contribution in [2.75, 3.05) is 55.4 Å². The molecule has 0 aliphatic heterocycles. The highest BCUT2D eigenvalue weighted by atomic mass is 16.7. The van der Waals surface area contributed by atoms with Crippen molar-refractivity contribution < 1.29 is 23.7 Å². The van der Waals surface area contributed by atoms with Crippen molar-refractivity contribution in [3.05, 3.63) is 0 Å². The molecule has 0 unspecified atom stereocenters. The Labute approximate surface area is 86.2 Å². The summed E-state index contributed by atoms with van der Waals surface area (Å²) < 4.78 is 23.6. The van der Waals surface area contributed by atoms with E-state index in [-0.39, 0.29) is 6.29 Å². The van der Waals surface area contributed by atoms with E-state index in [0.717, 1.165) is 0 Å². The molecule has 5 nitrogen and oxygen atoms in total. The molecule has 5 heteroatoms. The van der Waals surface area contributed by atoms with E-state index in [4.69, 9.17) is 14.2 Å². The first-order valence-electron chi connectivity index (χ1n) is 4.29. The Hall–Kier alpha value is -0.200. The lowest BCUT2D eigenvalue weighted by Gasteiger charge is -2.10. The lowest BCUT2D eigenvalue weighted by Crippen LogP contribution is -2.18. The highest BCUT2D eigenvalue weighted by molar-refractivity contribution is 4.34. The van der Waals surface area contributed by atoms with Gasteiger partial charge in [-0.25, -0.2) is 0 Å². The van der Waals surface area contributed by atoms with Crippen LogP contribution in [-0.4, -0.2) is 61.7 Å². The van der Waals surface area contributed by atoms with E-state index in [0.29, 0.717) is 19.8 Å². The molecule has 0 aromatic heterocycles. The van der Waals surface area contributed by atoms with Gasteiger partial charge in [-0.15, -0.1) is 0 Å². The Bertz CT molecular complexity index is 81.3. The first-order chi connectivity index (χ1) is 6.76. The van der Waals surface area contributed by atoms with E-state index in [9.17, 15) is 0 Å². The average molecular weight is 210 g/mol. The van der Waals surface area contributed by atoms with Crippen molar-refractivity contribution in [2.24, 2.45) is 0 Å². The summed E-state index contributed by atoms with van der Waals surface area (Å²) in [4.78, 5) is 0. The molecule has 0 rings (SSSR count). The zero-order chi connectivity index (χ0) is 11.2. The summed E-state index contributed by atoms with van der Waals surface area (Å²) in [6.07, 6.45) is -0.222. The monoisotopic (exact) mass is 210 g/mol. The normalized spacial score (nSPS) is 9.86. The van der Waals surface area contributed by atoms with E-state index in [2.05, 4.69) is 9.47 Å². The van der Waals surface area contributed by atoms with Crippen LogP contribution in [0.15, 0.2) is 0 Å². The van der Waals surface area contributed by atoms with Crippen LogP contribution < -0.4 is 0 Å². The van der Waals surface area contributed by atoms with Crippen LogP contribution in [0.2, 0.25) is 0 Å². The quantitative estimate of drug-likeness (QED) is 0.453. The zero-order valence-electron chi connectivity index (χ0n) is 9.74. The molecule has 0 bridgehead atoms. The summed E-state index contributed by atoms with van der Waals surface area (Å²) in [5.74, 6) is 0. The smallest absolute Gasteiger partial charge is 0.180 e. The van der Waals surface area contributed by atoms with Gasteiger partial charge in [0.25, 0.3) is 0 Å². The molecule has 0 aromatic carbocycles. The van der Waals surface area contributed by atoms with Gasteiger partial charge >= 0.3 is 0 Å². The molecule has 0 fully saturated rings. The maximum atomic E-state index is 4.79. The number of methoxy groups -OCH3 is 5. The highest BCUT2D eigenvalue weighted by Gasteiger charge is 2.00. The third kappa shape index (κ3) is 14.3. The Kier molecular flexibility index (Phi) is 17.7. The van der Waals surface area contributed by atoms with Crippen molar-refractivity contribution in [1.29, 1.82) is 0 Å². The molecule has 0 aliphatic carbocycles. The van der Waals surface area contributed by atoms with Crippen LogP contribution in [0.4, 0.5) is 0 Å². The number of hydrogen-bond donors (Lipinski definition) is 0. The van der Waals surface area contributed by atoms with Gasteiger partial charge in [0.05, 0.1) is 19.8 Å². The number of rotatable bonds is 7. The molecule has 0 saturated heterocycles. The van der Waals surface area contributed by atoms with Gasteiger partial charge in [0.15, 0.2) is 6.29 Å². The van der Waals surface area contributed by atoms with E-state index in [1.54, 1.807) is 35.5 Å². The molecule has 0 aromatic rings. The average Bonchev–Trinajstić information content (AvgIpc) is 2.24. The van der Waals surface area contributed by atoms with E-state index >= 15 is 0 Å². The predicted octanol–water partition coefficient (Wildman–Crippen LogP) is 0.531. The zero-order valence-corrected chi connectivity index (χ0v) is 9.74. The van der Waals surface area contributed by atoms with Crippen molar-refractivity contribution in [3.8, 4) is 0 Å². The van der Waals surface area contributed by atoms with Crippen LogP contribution in [0.25, 0.3) is 0 Å². The maximum Gasteiger partial charge on any atom is 0.180 e. The molecule has 0 atom stereocenters. The second kappa shape index (κ2) is 15.3. The molecule has 0 spiro atoms. The molecule has 0 saturated carbocycles. The van der Waals surface area contributed by atoms with Gasteiger partial charge < -0.3 is 23.7 Å². The topological polar surface area (TPSA) is 46.2 Å². The molecule has 0 N–H and O–H groups in total. The van der Waals surface area contributed by atoms with E-state index in [1.165, 1.54) is 0 Å². The standard InChI is InChI=1S/C5H12O3.C4H10O2/c1-6-4-5(7-2)8-3;1-5-3-4-6-2/h5H,4H2,1-3H3;3-4H2,1-2H3. The summed E-state index contributed by atoms with van der Waals surface area (Å²) in [5.41, 5.74) is 0. The van der Waals surface area contributed by atoms with Crippen LogP contribution in [0.5, 0.6) is 0 Å². The first kappa shape index (κ1) is 16.2. The number of ether oxygens (including phenoxy) is 5. The SMILES string of the molecule is COCC(OC)OC.COCCOC. The van der Waals surface area contributed by atoms with Crippen LogP contribution >= 0.6 is 0 Å². The molecular weight excluding hydrogens is 188 g/mol. The molecule has 14 heavy (non-hydrogen) atoms. The van der Waals surface area contributed by atoms with E-state index < -0.39 is 0 Å². The van der Waals surface area contributed by atoms with Gasteiger partial charge in [0.1, 0.15) is 0 Å². The highest BCUT2D eigenvalue weighted by Crippen LogP contribution is 1.88. The summed E-state index contributed by atoms with van der Waals surface area (Å²) in [7, 11) is 8.06. The lowest BCUT2D eigenvalue weighted by molar-refractivity contribution is -0.133. The Morgan fingerprint density at radius 2 is 1.14 bits per heavy atom. The van der Waals surface area contributed by atoms with Crippen molar-refractivity contribution >= 4 is 0 Å². The van der Waals surface area contributed by atoms with Gasteiger partial charge in [-0.1, -0.05) is 0 Å². The fraction of sp³-hybridized carbons (Fsp3) is 1.00. The summed E-state index contributed by atoms with van der Waals surface area (Å²) in [5, 5.41) is 0. The summed E-state index contributed by atoms with van der Waals surface area (Å²) in [6.45, 7) is 1.86. The minimum atomic E-state index is -0.222. The van der Waals surface area contributed by atoms with Gasteiger partial charge in [0.2, 0.25) is 0 Å². The van der Waals surface area contributed by atoms with Crippen LogP contribution in [0.1, 0.15) is 0 Å². The van der Waals surface area contributed by atoms with Gasteiger partial charge in [-0.3, -0.25) is 0 Å². The molecular formula is C9H22O5. The first-order valence-corrected chi connectivity index (χ1v) is 4.29. The fourth-order valence-corrected chi connectivity index (χ4v) is 0.535. The molecule has 88 valence electrons. The third-order valence-corrected chi connectivity index (χ3v) is 1.32. The lowest BCUT2D eigenvalue weighted by atomic mass is 10.7. The van der Waals surface area contributed by atoms with E-state index in [1.807, 2.05) is 0 Å². The van der Waals surface area contributed by atoms with Crippen LogP contribution in [0, 0.1) is 0 Å². The summed E-state index contributed by atoms with van der Waals surface area (Å²) >= 11 is 0. The second-order valence-corrected chi connectivity index (χ2v) is 2.34. The third-order valence-electron chi connectivity index (χ3n) is 1.32. The summed E-state index contributed by atoms with van der Waals surface area (Å²) in [6, 6.07) is 0. The molecule has 0 heterocycles. The van der Waals surface area contributed by atoms with Gasteiger partial charge in [-0.2, -0.15) is 0 Å². The molecule has 0 aliphatic rings. The van der Waals surface area contributed by atoms with Gasteiger partial charge in [-0.05, 0) is 0 Å². The minimum absolute atomic E-state index is 0.222. The van der Waals surface area contributed by atoms with Gasteiger partial charge in [0, 0.05) is 35.5 Å². The van der Waals surface area contributed by atoms with Crippen molar-refractivity contribution in [3.63, 3.8) is 0 Å². The van der Waals surface area contributed by atoms with Crippen molar-refractivity contribution in [2.45, 2.75) is 6.29 Å². The number of hydrogen-bond acceptors (Lipinski definition) is 5.